The minimum atomic E-state index is -0.778. The van der Waals surface area contributed by atoms with Crippen molar-refractivity contribution in [1.82, 2.24) is 30.2 Å². The van der Waals surface area contributed by atoms with Gasteiger partial charge in [-0.15, -0.1) is 0 Å². The van der Waals surface area contributed by atoms with Crippen LogP contribution in [0.15, 0.2) is 24.3 Å². The zero-order valence-corrected chi connectivity index (χ0v) is 38.7. The minimum absolute atomic E-state index is 0.0225. The van der Waals surface area contributed by atoms with Gasteiger partial charge in [0.1, 0.15) is 12.1 Å². The Labute approximate surface area is 359 Å². The summed E-state index contributed by atoms with van der Waals surface area (Å²) in [4.78, 5) is 86.8. The lowest BCUT2D eigenvalue weighted by molar-refractivity contribution is -0.149. The topological polar surface area (TPSA) is 196 Å². The first-order chi connectivity index (χ1) is 28.1. The van der Waals surface area contributed by atoms with Crippen molar-refractivity contribution < 1.29 is 38.2 Å². The second-order valence-corrected chi connectivity index (χ2v) is 17.2. The van der Waals surface area contributed by atoms with Crippen molar-refractivity contribution in [3.05, 3.63) is 29.8 Å². The molecule has 1 heterocycles. The number of hydrogen-bond acceptors (Lipinski definition) is 10. The number of amides is 6. The molecule has 1 aromatic carbocycles. The van der Waals surface area contributed by atoms with Gasteiger partial charge in [-0.05, 0) is 83.7 Å². The molecule has 0 aromatic heterocycles. The van der Waals surface area contributed by atoms with Gasteiger partial charge in [0.25, 0.3) is 0 Å². The molecule has 0 unspecified atom stereocenters. The number of nitrogens with one attached hydrogen (secondary N) is 3. The van der Waals surface area contributed by atoms with Gasteiger partial charge in [0.15, 0.2) is 0 Å². The number of ether oxygens (including phenoxy) is 2. The molecule has 6 amide bonds. The summed E-state index contributed by atoms with van der Waals surface area (Å²) in [6.07, 6.45) is 1.50. The highest BCUT2D eigenvalue weighted by atomic mass is 16.5. The molecule has 1 aliphatic rings. The third kappa shape index (κ3) is 14.2. The average molecular weight is 845 g/mol. The molecule has 1 aromatic rings. The predicted octanol–water partition coefficient (Wildman–Crippen LogP) is 2.49. The number of nitrogens with zero attached hydrogens (tertiary/aromatic N) is 4. The lowest BCUT2D eigenvalue weighted by Gasteiger charge is -2.41. The van der Waals surface area contributed by atoms with Crippen LogP contribution >= 0.6 is 0 Å². The van der Waals surface area contributed by atoms with E-state index in [1.165, 1.54) is 0 Å². The Hall–Kier alpha value is -4.12. The van der Waals surface area contributed by atoms with Crippen molar-refractivity contribution >= 4 is 41.1 Å². The fourth-order valence-electron chi connectivity index (χ4n) is 7.76. The summed E-state index contributed by atoms with van der Waals surface area (Å²) in [6.45, 7) is 15.5. The number of likely N-dealkylation sites (tertiary alicyclic amines) is 1. The first-order valence-corrected chi connectivity index (χ1v) is 21.4. The number of hydrogen-bond donors (Lipinski definition) is 4. The van der Waals surface area contributed by atoms with Crippen molar-refractivity contribution in [1.29, 1.82) is 0 Å². The van der Waals surface area contributed by atoms with Crippen LogP contribution in [-0.4, -0.2) is 159 Å². The van der Waals surface area contributed by atoms with Gasteiger partial charge >= 0.3 is 0 Å². The van der Waals surface area contributed by atoms with Crippen LogP contribution in [0.5, 0.6) is 0 Å². The molecule has 0 saturated carbocycles. The van der Waals surface area contributed by atoms with Gasteiger partial charge in [0.2, 0.25) is 35.4 Å². The van der Waals surface area contributed by atoms with Gasteiger partial charge in [0, 0.05) is 47.1 Å². The predicted molar refractivity (Wildman–Crippen MR) is 234 cm³/mol. The summed E-state index contributed by atoms with van der Waals surface area (Å²) >= 11 is 0. The highest BCUT2D eigenvalue weighted by Crippen LogP contribution is 2.30. The van der Waals surface area contributed by atoms with E-state index in [2.05, 4.69) is 16.0 Å². The van der Waals surface area contributed by atoms with E-state index < -0.39 is 54.2 Å². The summed E-state index contributed by atoms with van der Waals surface area (Å²) < 4.78 is 12.0. The van der Waals surface area contributed by atoms with E-state index >= 15 is 0 Å². The SMILES string of the molecule is CC[C@H](C)[C@@H]([C@@H](CC(=O)N1CCC[C@H]1[C@H](OC)[C@@H](C)C(=O)N(C)CCc1cccc(NC(=O)[C@H](C)NC(=O)[C@H](C)N)c1)OC)N(C)C(=O)[C@@H](NC(=O)[C@@H](C)N(C)C)C(C)C. The molecule has 0 radical (unpaired) electrons. The Kier molecular flexibility index (Phi) is 21.1. The molecule has 16 nitrogen and oxygen atoms in total. The van der Waals surface area contributed by atoms with Crippen molar-refractivity contribution in [3.8, 4) is 0 Å². The van der Waals surface area contributed by atoms with E-state index in [0.29, 0.717) is 31.6 Å². The third-order valence-corrected chi connectivity index (χ3v) is 12.1. The minimum Gasteiger partial charge on any atom is -0.379 e. The fourth-order valence-corrected chi connectivity index (χ4v) is 7.76. The van der Waals surface area contributed by atoms with Crippen LogP contribution in [0, 0.1) is 17.8 Å². The Morgan fingerprint density at radius 2 is 1.53 bits per heavy atom. The van der Waals surface area contributed by atoms with Crippen LogP contribution in [-0.2, 0) is 44.7 Å². The van der Waals surface area contributed by atoms with Crippen LogP contribution in [0.2, 0.25) is 0 Å². The smallest absolute Gasteiger partial charge is 0.246 e. The van der Waals surface area contributed by atoms with Gasteiger partial charge in [0.05, 0.1) is 48.7 Å². The number of rotatable bonds is 23. The van der Waals surface area contributed by atoms with E-state index in [9.17, 15) is 28.8 Å². The molecular formula is C44H76N8O8. The van der Waals surface area contributed by atoms with E-state index in [4.69, 9.17) is 15.2 Å². The van der Waals surface area contributed by atoms with Gasteiger partial charge in [-0.25, -0.2) is 0 Å². The fraction of sp³-hybridized carbons (Fsp3) is 0.727. The van der Waals surface area contributed by atoms with Crippen LogP contribution in [0.3, 0.4) is 0 Å². The molecule has 1 aliphatic heterocycles. The number of methoxy groups -OCH3 is 2. The molecule has 5 N–H and O–H groups in total. The Bertz CT molecular complexity index is 1590. The second-order valence-electron chi connectivity index (χ2n) is 17.2. The molecule has 60 heavy (non-hydrogen) atoms. The van der Waals surface area contributed by atoms with Gasteiger partial charge in [-0.1, -0.05) is 53.2 Å². The molecule has 0 spiro atoms. The van der Waals surface area contributed by atoms with Gasteiger partial charge in [-0.2, -0.15) is 0 Å². The summed E-state index contributed by atoms with van der Waals surface area (Å²) in [5.41, 5.74) is 7.07. The standard InChI is InChI=1S/C44H76N8O8/c1-15-27(4)38(51(12)44(58)37(26(2)3)48-42(56)31(8)49(9)10)35(59-13)25-36(53)52-22-17-20-34(52)39(60-14)28(5)43(57)50(11)23-21-32-18-16-19-33(24-32)47-41(55)30(7)46-40(54)29(6)45/h16,18-19,24,26-31,34-35,37-39H,15,17,20-23,25,45H2,1-14H3,(H,46,54)(H,47,55)(H,48,56)/t27-,28+,29-,30-,31+,34-,35+,37-,38-,39+/m0/s1. The van der Waals surface area contributed by atoms with Crippen LogP contribution in [0.25, 0.3) is 0 Å². The lowest BCUT2D eigenvalue weighted by Crippen LogP contribution is -2.59. The molecule has 340 valence electrons. The maximum absolute atomic E-state index is 14.3. The van der Waals surface area contributed by atoms with E-state index in [1.807, 2.05) is 71.8 Å². The number of anilines is 1. The Balaban J connectivity index is 2.17. The van der Waals surface area contributed by atoms with E-state index in [0.717, 1.165) is 18.4 Å². The Morgan fingerprint density at radius 3 is 2.08 bits per heavy atom. The molecule has 10 atom stereocenters. The molecule has 1 fully saturated rings. The summed E-state index contributed by atoms with van der Waals surface area (Å²) in [7, 11) is 10.2. The quantitative estimate of drug-likeness (QED) is 0.127. The van der Waals surface area contributed by atoms with Crippen molar-refractivity contribution in [2.45, 2.75) is 136 Å². The first kappa shape index (κ1) is 52.0. The number of likely N-dealkylation sites (N-methyl/N-ethyl adjacent to an activating group) is 3. The molecule has 16 heteroatoms. The van der Waals surface area contributed by atoms with Crippen molar-refractivity contribution in [2.24, 2.45) is 23.5 Å². The number of carbonyl (C=O) groups excluding carboxylic acids is 6. The van der Waals surface area contributed by atoms with Crippen LogP contribution in [0.1, 0.15) is 86.6 Å². The Morgan fingerprint density at radius 1 is 0.883 bits per heavy atom. The third-order valence-electron chi connectivity index (χ3n) is 12.1. The molecule has 0 bridgehead atoms. The number of benzene rings is 1. The molecule has 0 aliphatic carbocycles. The average Bonchev–Trinajstić information content (AvgIpc) is 3.70. The highest BCUT2D eigenvalue weighted by Gasteiger charge is 2.43. The van der Waals surface area contributed by atoms with Crippen LogP contribution in [0.4, 0.5) is 5.69 Å². The van der Waals surface area contributed by atoms with E-state index in [-0.39, 0.29) is 53.8 Å². The van der Waals surface area contributed by atoms with Crippen molar-refractivity contribution in [3.63, 3.8) is 0 Å². The number of carbonyl (C=O) groups is 6. The normalized spacial score (nSPS) is 18.7. The second kappa shape index (κ2) is 24.4. The zero-order chi connectivity index (χ0) is 45.6. The van der Waals surface area contributed by atoms with Gasteiger partial charge in [-0.3, -0.25) is 33.7 Å². The van der Waals surface area contributed by atoms with Crippen LogP contribution < -0.4 is 21.7 Å². The highest BCUT2D eigenvalue weighted by molar-refractivity contribution is 5.97. The lowest BCUT2D eigenvalue weighted by atomic mass is 9.89. The first-order valence-electron chi connectivity index (χ1n) is 21.4. The summed E-state index contributed by atoms with van der Waals surface area (Å²) in [6, 6.07) is 3.83. The number of nitrogens with two attached hydrogens (primary N) is 1. The maximum atomic E-state index is 14.3. The molecule has 1 saturated heterocycles. The van der Waals surface area contributed by atoms with Gasteiger partial charge < -0.3 is 45.9 Å². The monoisotopic (exact) mass is 845 g/mol. The van der Waals surface area contributed by atoms with E-state index in [1.54, 1.807) is 69.9 Å². The molecular weight excluding hydrogens is 769 g/mol. The maximum Gasteiger partial charge on any atom is 0.246 e. The largest absolute Gasteiger partial charge is 0.379 e. The summed E-state index contributed by atoms with van der Waals surface area (Å²) in [5, 5.41) is 8.36. The summed E-state index contributed by atoms with van der Waals surface area (Å²) in [5.74, 6) is -2.32. The molecule has 2 rings (SSSR count). The zero-order valence-electron chi connectivity index (χ0n) is 38.7. The van der Waals surface area contributed by atoms with Crippen molar-refractivity contribution in [2.75, 3.05) is 60.8 Å².